The lowest BCUT2D eigenvalue weighted by atomic mass is 9.69. The van der Waals surface area contributed by atoms with Gasteiger partial charge in [-0.15, -0.1) is 0 Å². The van der Waals surface area contributed by atoms with Crippen LogP contribution in [0.15, 0.2) is 60.7 Å². The van der Waals surface area contributed by atoms with Crippen molar-refractivity contribution in [2.45, 2.75) is 24.4 Å². The summed E-state index contributed by atoms with van der Waals surface area (Å²) in [4.78, 5) is 12.2. The highest BCUT2D eigenvalue weighted by Crippen LogP contribution is 2.40. The molecule has 3 rings (SSSR count). The summed E-state index contributed by atoms with van der Waals surface area (Å²) in [7, 11) is 0. The summed E-state index contributed by atoms with van der Waals surface area (Å²) in [5.41, 5.74) is 0.171. The van der Waals surface area contributed by atoms with Crippen molar-refractivity contribution in [2.75, 3.05) is 6.61 Å². The largest absolute Gasteiger partial charge is 0.549 e. The van der Waals surface area contributed by atoms with Gasteiger partial charge in [0.1, 0.15) is 0 Å². The molecule has 0 amide bonds. The number of carbonyl (C=O) groups is 1. The number of benzene rings is 2. The van der Waals surface area contributed by atoms with Crippen molar-refractivity contribution in [3.63, 3.8) is 0 Å². The fourth-order valence-corrected chi connectivity index (χ4v) is 3.23. The normalized spacial score (nSPS) is 18.6. The van der Waals surface area contributed by atoms with Gasteiger partial charge in [0.15, 0.2) is 0 Å². The molecular weight excluding hydrogens is 264 g/mol. The minimum absolute atomic E-state index is 0.396. The van der Waals surface area contributed by atoms with Crippen molar-refractivity contribution in [2.24, 2.45) is 0 Å². The quantitative estimate of drug-likeness (QED) is 0.860. The van der Waals surface area contributed by atoms with E-state index in [2.05, 4.69) is 0 Å². The van der Waals surface area contributed by atoms with Crippen LogP contribution in [0.4, 0.5) is 0 Å². The van der Waals surface area contributed by atoms with Crippen molar-refractivity contribution in [1.82, 2.24) is 0 Å². The van der Waals surface area contributed by atoms with Gasteiger partial charge in [0.25, 0.3) is 0 Å². The van der Waals surface area contributed by atoms with E-state index in [4.69, 9.17) is 4.74 Å². The Kier molecular flexibility index (Phi) is 3.76. The average Bonchev–Trinajstić information content (AvgIpc) is 3.04. The molecule has 108 valence electrons. The lowest BCUT2D eigenvalue weighted by Crippen LogP contribution is -2.54. The van der Waals surface area contributed by atoms with E-state index < -0.39 is 17.5 Å². The molecule has 0 bridgehead atoms. The molecule has 0 saturated carbocycles. The molecule has 0 aromatic heterocycles. The van der Waals surface area contributed by atoms with Gasteiger partial charge >= 0.3 is 0 Å². The predicted molar refractivity (Wildman–Crippen MR) is 77.6 cm³/mol. The maximum absolute atomic E-state index is 12.2. The fraction of sp³-hybridized carbons (Fsp3) is 0.278. The molecule has 2 aromatic rings. The van der Waals surface area contributed by atoms with Crippen molar-refractivity contribution in [3.8, 4) is 0 Å². The molecule has 0 spiro atoms. The van der Waals surface area contributed by atoms with E-state index in [1.54, 1.807) is 0 Å². The second-order valence-corrected chi connectivity index (χ2v) is 5.33. The van der Waals surface area contributed by atoms with E-state index in [9.17, 15) is 9.90 Å². The second-order valence-electron chi connectivity index (χ2n) is 5.33. The molecule has 1 saturated heterocycles. The van der Waals surface area contributed by atoms with Crippen LogP contribution < -0.4 is 5.11 Å². The van der Waals surface area contributed by atoms with E-state index in [1.807, 2.05) is 60.7 Å². The van der Waals surface area contributed by atoms with Crippen LogP contribution in [0.2, 0.25) is 0 Å². The Balaban J connectivity index is 2.24. The first-order valence-corrected chi connectivity index (χ1v) is 7.20. The van der Waals surface area contributed by atoms with Crippen LogP contribution in [0.25, 0.3) is 0 Å². The Bertz CT molecular complexity index is 561. The molecule has 1 unspecified atom stereocenters. The molecule has 1 heterocycles. The van der Waals surface area contributed by atoms with E-state index in [0.29, 0.717) is 17.7 Å². The van der Waals surface area contributed by atoms with Crippen LogP contribution in [0.3, 0.4) is 0 Å². The molecule has 0 radical (unpaired) electrons. The van der Waals surface area contributed by atoms with Crippen LogP contribution in [-0.2, 0) is 14.9 Å². The first-order chi connectivity index (χ1) is 10.3. The third-order valence-corrected chi connectivity index (χ3v) is 4.19. The van der Waals surface area contributed by atoms with Crippen LogP contribution in [0.1, 0.15) is 24.0 Å². The van der Waals surface area contributed by atoms with Gasteiger partial charge in [-0.05, 0) is 24.0 Å². The molecule has 1 aliphatic heterocycles. The van der Waals surface area contributed by atoms with Crippen molar-refractivity contribution in [1.29, 1.82) is 0 Å². The van der Waals surface area contributed by atoms with E-state index >= 15 is 0 Å². The summed E-state index contributed by atoms with van der Waals surface area (Å²) in [6.45, 7) is 0.597. The van der Waals surface area contributed by atoms with Gasteiger partial charge in [0.2, 0.25) is 0 Å². The third-order valence-electron chi connectivity index (χ3n) is 4.19. The minimum atomic E-state index is -1.25. The Morgan fingerprint density at radius 2 is 1.52 bits per heavy atom. The zero-order valence-electron chi connectivity index (χ0n) is 11.7. The summed E-state index contributed by atoms with van der Waals surface area (Å²) in [6.07, 6.45) is 1.20. The number of rotatable bonds is 4. The molecule has 0 N–H and O–H groups in total. The molecule has 21 heavy (non-hydrogen) atoms. The monoisotopic (exact) mass is 281 g/mol. The highest BCUT2D eigenvalue weighted by Gasteiger charge is 2.45. The third kappa shape index (κ3) is 2.24. The first kappa shape index (κ1) is 13.8. The SMILES string of the molecule is O=C([O-])C(c1ccccc1)(c1ccccc1)C1CCCO1. The van der Waals surface area contributed by atoms with E-state index in [0.717, 1.165) is 12.8 Å². The Morgan fingerprint density at radius 3 is 1.90 bits per heavy atom. The highest BCUT2D eigenvalue weighted by atomic mass is 16.5. The molecular formula is C18H17O3-. The number of carboxylic acid groups (broad SMARTS) is 1. The van der Waals surface area contributed by atoms with Gasteiger partial charge in [-0.2, -0.15) is 0 Å². The number of hydrogen-bond acceptors (Lipinski definition) is 3. The number of carboxylic acids is 1. The lowest BCUT2D eigenvalue weighted by Gasteiger charge is -2.40. The second kappa shape index (κ2) is 5.70. The smallest absolute Gasteiger partial charge is 0.0858 e. The standard InChI is InChI=1S/C18H18O3/c19-17(20)18(16-12-7-13-21-16,14-8-3-1-4-9-14)15-10-5-2-6-11-15/h1-6,8-11,16H,7,12-13H2,(H,19,20)/p-1. The van der Waals surface area contributed by atoms with Crippen LogP contribution in [0, 0.1) is 0 Å². The van der Waals surface area contributed by atoms with Gasteiger partial charge in [0.05, 0.1) is 17.5 Å². The van der Waals surface area contributed by atoms with Crippen molar-refractivity contribution < 1.29 is 14.6 Å². The Morgan fingerprint density at radius 1 is 1.00 bits per heavy atom. The summed E-state index contributed by atoms with van der Waals surface area (Å²) in [5.74, 6) is -1.10. The van der Waals surface area contributed by atoms with Crippen LogP contribution >= 0.6 is 0 Å². The number of ether oxygens (including phenoxy) is 1. The maximum atomic E-state index is 12.2. The zero-order chi connectivity index (χ0) is 14.7. The summed E-state index contributed by atoms with van der Waals surface area (Å²) in [6, 6.07) is 18.5. The van der Waals surface area contributed by atoms with Crippen molar-refractivity contribution >= 4 is 5.97 Å². The van der Waals surface area contributed by atoms with Crippen LogP contribution in [0.5, 0.6) is 0 Å². The first-order valence-electron chi connectivity index (χ1n) is 7.20. The molecule has 3 heteroatoms. The maximum Gasteiger partial charge on any atom is 0.0858 e. The van der Waals surface area contributed by atoms with Gasteiger partial charge in [0, 0.05) is 6.61 Å². The molecule has 3 nitrogen and oxygen atoms in total. The molecule has 1 aliphatic rings. The highest BCUT2D eigenvalue weighted by molar-refractivity contribution is 5.85. The topological polar surface area (TPSA) is 49.4 Å². The number of aliphatic carboxylic acids is 1. The van der Waals surface area contributed by atoms with Crippen molar-refractivity contribution in [3.05, 3.63) is 71.8 Å². The average molecular weight is 281 g/mol. The molecule has 2 aromatic carbocycles. The number of hydrogen-bond donors (Lipinski definition) is 0. The summed E-state index contributed by atoms with van der Waals surface area (Å²) < 4.78 is 5.77. The Labute approximate surface area is 124 Å². The lowest BCUT2D eigenvalue weighted by molar-refractivity contribution is -0.315. The van der Waals surface area contributed by atoms with E-state index in [1.165, 1.54) is 0 Å². The molecule has 1 atom stereocenters. The number of carbonyl (C=O) groups excluding carboxylic acids is 1. The summed E-state index contributed by atoms with van der Waals surface area (Å²) in [5, 5.41) is 12.2. The van der Waals surface area contributed by atoms with Gasteiger partial charge in [-0.3, -0.25) is 0 Å². The van der Waals surface area contributed by atoms with Gasteiger partial charge in [-0.25, -0.2) is 0 Å². The van der Waals surface area contributed by atoms with Crippen LogP contribution in [-0.4, -0.2) is 18.7 Å². The van der Waals surface area contributed by atoms with Gasteiger partial charge in [-0.1, -0.05) is 60.7 Å². The predicted octanol–water partition coefficient (Wildman–Crippen LogP) is 1.90. The fourth-order valence-electron chi connectivity index (χ4n) is 3.23. The minimum Gasteiger partial charge on any atom is -0.549 e. The van der Waals surface area contributed by atoms with Gasteiger partial charge < -0.3 is 14.6 Å². The van der Waals surface area contributed by atoms with E-state index in [-0.39, 0.29) is 0 Å². The Hall–Kier alpha value is -2.13. The summed E-state index contributed by atoms with van der Waals surface area (Å²) >= 11 is 0. The molecule has 0 aliphatic carbocycles. The molecule has 1 fully saturated rings. The zero-order valence-corrected chi connectivity index (χ0v) is 11.7.